The maximum absolute atomic E-state index is 12.3. The summed E-state index contributed by atoms with van der Waals surface area (Å²) in [7, 11) is 0. The van der Waals surface area contributed by atoms with Crippen molar-refractivity contribution in [3.8, 4) is 5.75 Å². The normalized spacial score (nSPS) is 17.8. The van der Waals surface area contributed by atoms with Crippen molar-refractivity contribution in [3.05, 3.63) is 24.3 Å². The van der Waals surface area contributed by atoms with E-state index in [4.69, 9.17) is 10.5 Å². The fraction of sp³-hybridized carbons (Fsp3) is 0.462. The minimum Gasteiger partial charge on any atom is -0.486 e. The summed E-state index contributed by atoms with van der Waals surface area (Å²) in [6.45, 7) is 4.43. The first-order chi connectivity index (χ1) is 9.95. The van der Waals surface area contributed by atoms with Crippen LogP contribution in [0.25, 0.3) is 0 Å². The van der Waals surface area contributed by atoms with Crippen LogP contribution in [0.5, 0.6) is 5.75 Å². The van der Waals surface area contributed by atoms with Gasteiger partial charge in [0.15, 0.2) is 5.75 Å². The minimum absolute atomic E-state index is 0.0347. The first kappa shape index (κ1) is 15.2. The smallest absolute Gasteiger partial charge is 0.324 e. The van der Waals surface area contributed by atoms with Crippen LogP contribution in [0.1, 0.15) is 13.8 Å². The van der Waals surface area contributed by atoms with Gasteiger partial charge in [0.2, 0.25) is 5.95 Å². The van der Waals surface area contributed by atoms with Crippen LogP contribution in [-0.4, -0.2) is 41.2 Å². The summed E-state index contributed by atoms with van der Waals surface area (Å²) in [5.74, 6) is 0.677. The van der Waals surface area contributed by atoms with Gasteiger partial charge in [-0.15, -0.1) is 0 Å². The molecule has 0 aromatic carbocycles. The Morgan fingerprint density at radius 2 is 2.24 bits per heavy atom. The quantitative estimate of drug-likeness (QED) is 0.844. The molecule has 7 nitrogen and oxygen atoms in total. The molecule has 0 saturated carbocycles. The Morgan fingerprint density at radius 3 is 2.71 bits per heavy atom. The van der Waals surface area contributed by atoms with E-state index < -0.39 is 0 Å². The largest absolute Gasteiger partial charge is 0.486 e. The molecule has 2 amide bonds. The molecule has 0 atom stereocenters. The molecule has 8 heteroatoms. The molecule has 1 aromatic rings. The van der Waals surface area contributed by atoms with Crippen LogP contribution >= 0.6 is 0 Å². The number of carbonyl (C=O) groups is 1. The highest BCUT2D eigenvalue weighted by molar-refractivity contribution is 5.93. The highest BCUT2D eigenvalue weighted by Gasteiger charge is 2.36. The molecule has 2 rings (SSSR count). The summed E-state index contributed by atoms with van der Waals surface area (Å²) in [5, 5.41) is 2.82. The van der Waals surface area contributed by atoms with Crippen molar-refractivity contribution in [1.82, 2.24) is 15.3 Å². The fourth-order valence-electron chi connectivity index (χ4n) is 1.86. The van der Waals surface area contributed by atoms with Crippen molar-refractivity contribution in [2.45, 2.75) is 19.4 Å². The van der Waals surface area contributed by atoms with E-state index in [1.165, 1.54) is 17.3 Å². The van der Waals surface area contributed by atoms with Gasteiger partial charge >= 0.3 is 6.03 Å². The van der Waals surface area contributed by atoms with Crippen LogP contribution in [0, 0.1) is 0 Å². The van der Waals surface area contributed by atoms with Gasteiger partial charge in [0.05, 0.1) is 30.8 Å². The Balaban J connectivity index is 2.01. The third-order valence-corrected chi connectivity index (χ3v) is 2.94. The van der Waals surface area contributed by atoms with E-state index in [1.807, 2.05) is 13.8 Å². The second kappa shape index (κ2) is 6.04. The molecule has 0 unspecified atom stereocenters. The Bertz CT molecular complexity index is 544. The second-order valence-corrected chi connectivity index (χ2v) is 5.38. The lowest BCUT2D eigenvalue weighted by atomic mass is 10.1. The van der Waals surface area contributed by atoms with Crippen LogP contribution < -0.4 is 20.7 Å². The van der Waals surface area contributed by atoms with Crippen molar-refractivity contribution in [2.75, 3.05) is 24.6 Å². The molecule has 3 N–H and O–H groups in total. The Kier molecular flexibility index (Phi) is 4.37. The van der Waals surface area contributed by atoms with Gasteiger partial charge < -0.3 is 15.8 Å². The molecule has 0 spiro atoms. The van der Waals surface area contributed by atoms with E-state index >= 15 is 0 Å². The maximum Gasteiger partial charge on any atom is 0.324 e. The first-order valence-electron chi connectivity index (χ1n) is 6.48. The zero-order chi connectivity index (χ0) is 15.5. The van der Waals surface area contributed by atoms with E-state index in [2.05, 4.69) is 15.3 Å². The number of ether oxygens (including phenoxy) is 1. The van der Waals surface area contributed by atoms with Crippen LogP contribution in [0.3, 0.4) is 0 Å². The highest BCUT2D eigenvalue weighted by Crippen LogP contribution is 2.20. The number of anilines is 1. The first-order valence-corrected chi connectivity index (χ1v) is 6.48. The van der Waals surface area contributed by atoms with Crippen molar-refractivity contribution < 1.29 is 13.9 Å². The molecule has 21 heavy (non-hydrogen) atoms. The number of carbonyl (C=O) groups excluding carboxylic acids is 1. The topological polar surface area (TPSA) is 93.4 Å². The second-order valence-electron chi connectivity index (χ2n) is 5.38. The summed E-state index contributed by atoms with van der Waals surface area (Å²) in [5.41, 5.74) is 5.34. The average molecular weight is 295 g/mol. The molecule has 1 fully saturated rings. The van der Waals surface area contributed by atoms with Gasteiger partial charge in [0.25, 0.3) is 0 Å². The lowest BCUT2D eigenvalue weighted by molar-refractivity contribution is 0.248. The van der Waals surface area contributed by atoms with Gasteiger partial charge in [-0.2, -0.15) is 0 Å². The summed E-state index contributed by atoms with van der Waals surface area (Å²) in [4.78, 5) is 21.4. The SMILES string of the molecule is CC1(C)CN(c2ncc(OC/C(=C/F)CN)cn2)C(=O)N1. The lowest BCUT2D eigenvalue weighted by Gasteiger charge is -2.16. The number of halogens is 1. The molecule has 1 aliphatic heterocycles. The molecule has 1 aliphatic rings. The van der Waals surface area contributed by atoms with Gasteiger partial charge in [0, 0.05) is 12.1 Å². The monoisotopic (exact) mass is 295 g/mol. The fourth-order valence-corrected chi connectivity index (χ4v) is 1.86. The van der Waals surface area contributed by atoms with Crippen molar-refractivity contribution in [2.24, 2.45) is 5.73 Å². The van der Waals surface area contributed by atoms with Gasteiger partial charge in [-0.1, -0.05) is 0 Å². The number of rotatable bonds is 5. The van der Waals surface area contributed by atoms with Gasteiger partial charge in [-0.3, -0.25) is 4.90 Å². The van der Waals surface area contributed by atoms with E-state index in [9.17, 15) is 9.18 Å². The molecule has 114 valence electrons. The van der Waals surface area contributed by atoms with Crippen LogP contribution in [-0.2, 0) is 0 Å². The molecular weight excluding hydrogens is 277 g/mol. The van der Waals surface area contributed by atoms with Crippen molar-refractivity contribution in [1.29, 1.82) is 0 Å². The maximum atomic E-state index is 12.3. The average Bonchev–Trinajstić information content (AvgIpc) is 2.74. The number of nitrogens with zero attached hydrogens (tertiary/aromatic N) is 3. The van der Waals surface area contributed by atoms with Crippen LogP contribution in [0.15, 0.2) is 24.3 Å². The van der Waals surface area contributed by atoms with Gasteiger partial charge in [-0.25, -0.2) is 19.2 Å². The molecule has 1 aromatic heterocycles. The number of nitrogens with one attached hydrogen (secondary N) is 1. The van der Waals surface area contributed by atoms with E-state index in [0.29, 0.717) is 30.1 Å². The molecule has 0 radical (unpaired) electrons. The van der Waals surface area contributed by atoms with E-state index in [-0.39, 0.29) is 24.7 Å². The number of nitrogens with two attached hydrogens (primary N) is 1. The predicted molar refractivity (Wildman–Crippen MR) is 75.7 cm³/mol. The highest BCUT2D eigenvalue weighted by atomic mass is 19.1. The molecule has 0 bridgehead atoms. The zero-order valence-corrected chi connectivity index (χ0v) is 12.0. The van der Waals surface area contributed by atoms with Crippen LogP contribution in [0.2, 0.25) is 0 Å². The van der Waals surface area contributed by atoms with Crippen molar-refractivity contribution >= 4 is 12.0 Å². The Hall–Kier alpha value is -2.22. The number of urea groups is 1. The van der Waals surface area contributed by atoms with Gasteiger partial charge in [-0.05, 0) is 13.8 Å². The Labute approximate surface area is 122 Å². The number of hydrogen-bond acceptors (Lipinski definition) is 5. The van der Waals surface area contributed by atoms with E-state index in [0.717, 1.165) is 0 Å². The molecule has 2 heterocycles. The third-order valence-electron chi connectivity index (χ3n) is 2.94. The van der Waals surface area contributed by atoms with Gasteiger partial charge in [0.1, 0.15) is 6.61 Å². The molecule has 0 aliphatic carbocycles. The van der Waals surface area contributed by atoms with Crippen molar-refractivity contribution in [3.63, 3.8) is 0 Å². The zero-order valence-electron chi connectivity index (χ0n) is 12.0. The molecule has 1 saturated heterocycles. The number of aromatic nitrogens is 2. The summed E-state index contributed by atoms with van der Waals surface area (Å²) >= 11 is 0. The van der Waals surface area contributed by atoms with Crippen LogP contribution in [0.4, 0.5) is 15.1 Å². The number of amides is 2. The number of hydrogen-bond donors (Lipinski definition) is 2. The van der Waals surface area contributed by atoms with E-state index in [1.54, 1.807) is 0 Å². The standard InChI is InChI=1S/C13H18FN5O2/c1-13(2)8-19(12(20)18-13)11-16-5-10(6-17-11)21-7-9(3-14)4-15/h3,5-6H,4,7-8,15H2,1-2H3,(H,18,20)/b9-3+. The third kappa shape index (κ3) is 3.66. The molecular formula is C13H18FN5O2. The summed E-state index contributed by atoms with van der Waals surface area (Å²) in [6.07, 6.45) is 3.30. The summed E-state index contributed by atoms with van der Waals surface area (Å²) < 4.78 is 17.6. The lowest BCUT2D eigenvalue weighted by Crippen LogP contribution is -2.36. The predicted octanol–water partition coefficient (Wildman–Crippen LogP) is 0.976. The minimum atomic E-state index is -0.322. The Morgan fingerprint density at radius 1 is 1.57 bits per heavy atom. The summed E-state index contributed by atoms with van der Waals surface area (Å²) in [6, 6.07) is -0.237.